The number of amides is 1. The molecule has 2 aliphatic rings. The largest absolute Gasteiger partial charge is 0.496 e. The maximum Gasteiger partial charge on any atom is 0.253 e. The highest BCUT2D eigenvalue weighted by Gasteiger charge is 2.23. The van der Waals surface area contributed by atoms with Crippen LogP contribution in [-0.4, -0.2) is 43.8 Å². The van der Waals surface area contributed by atoms with Gasteiger partial charge in [-0.25, -0.2) is 0 Å². The first-order chi connectivity index (χ1) is 13.8. The molecular formula is C23H26N2O3. The van der Waals surface area contributed by atoms with Crippen LogP contribution in [0.5, 0.6) is 5.75 Å². The molecule has 1 N–H and O–H groups in total. The Kier molecular flexibility index (Phi) is 5.63. The van der Waals surface area contributed by atoms with Gasteiger partial charge in [0, 0.05) is 36.9 Å². The Morgan fingerprint density at radius 3 is 2.71 bits per heavy atom. The van der Waals surface area contributed by atoms with Crippen molar-refractivity contribution in [3.05, 3.63) is 66.4 Å². The van der Waals surface area contributed by atoms with E-state index in [1.807, 2.05) is 54.6 Å². The van der Waals surface area contributed by atoms with Gasteiger partial charge < -0.3 is 19.7 Å². The second-order valence-electron chi connectivity index (χ2n) is 7.26. The van der Waals surface area contributed by atoms with Crippen LogP contribution in [0.25, 0.3) is 10.8 Å². The summed E-state index contributed by atoms with van der Waals surface area (Å²) in [5.74, 6) is 1.28. The van der Waals surface area contributed by atoms with Crippen LogP contribution in [0.1, 0.15) is 23.2 Å². The van der Waals surface area contributed by atoms with Crippen LogP contribution in [0, 0.1) is 5.92 Å². The lowest BCUT2D eigenvalue weighted by Crippen LogP contribution is -2.47. The van der Waals surface area contributed by atoms with Crippen LogP contribution in [0.4, 0.5) is 0 Å². The number of hydrogen-bond donors (Lipinski definition) is 1. The monoisotopic (exact) mass is 378 g/mol. The highest BCUT2D eigenvalue weighted by atomic mass is 16.5. The molecule has 1 amide bonds. The van der Waals surface area contributed by atoms with Crippen LogP contribution in [-0.2, 0) is 4.74 Å². The van der Waals surface area contributed by atoms with E-state index >= 15 is 0 Å². The van der Waals surface area contributed by atoms with Crippen molar-refractivity contribution >= 4 is 16.7 Å². The Bertz CT molecular complexity index is 900. The molecule has 0 saturated carbocycles. The maximum absolute atomic E-state index is 13.1. The number of ether oxygens (including phenoxy) is 2. The fourth-order valence-corrected chi connectivity index (χ4v) is 3.92. The summed E-state index contributed by atoms with van der Waals surface area (Å²) in [5.41, 5.74) is 0.658. The van der Waals surface area contributed by atoms with Crippen LogP contribution in [0.15, 0.2) is 60.8 Å². The van der Waals surface area contributed by atoms with E-state index in [4.69, 9.17) is 9.47 Å². The summed E-state index contributed by atoms with van der Waals surface area (Å²) in [7, 11) is 1.65. The van der Waals surface area contributed by atoms with Gasteiger partial charge in [0.15, 0.2) is 0 Å². The average Bonchev–Trinajstić information content (AvgIpc) is 2.75. The van der Waals surface area contributed by atoms with E-state index in [1.165, 1.54) is 0 Å². The minimum atomic E-state index is -0.152. The fourth-order valence-electron chi connectivity index (χ4n) is 3.92. The van der Waals surface area contributed by atoms with Crippen molar-refractivity contribution < 1.29 is 14.3 Å². The standard InChI is InChI=1S/C23H26N2O3/c1-27-21-10-9-20(18-6-2-3-7-19(18)21)23(26)24-22-8-4-5-13-25(22)16-17-11-14-28-15-12-17/h2-10,13,17,22H,11-12,14-16H2,1H3,(H,24,26). The zero-order valence-electron chi connectivity index (χ0n) is 16.1. The first-order valence-corrected chi connectivity index (χ1v) is 9.81. The van der Waals surface area contributed by atoms with E-state index in [2.05, 4.69) is 16.4 Å². The lowest BCUT2D eigenvalue weighted by atomic mass is 9.99. The van der Waals surface area contributed by atoms with Crippen molar-refractivity contribution in [3.63, 3.8) is 0 Å². The van der Waals surface area contributed by atoms with Gasteiger partial charge in [-0.2, -0.15) is 0 Å². The van der Waals surface area contributed by atoms with E-state index in [0.29, 0.717) is 11.5 Å². The number of carbonyl (C=O) groups excluding carboxylic acids is 1. The SMILES string of the molecule is COc1ccc(C(=O)NC2C=CC=CN2CC2CCOCC2)c2ccccc12. The topological polar surface area (TPSA) is 50.8 Å². The van der Waals surface area contributed by atoms with Gasteiger partial charge in [-0.3, -0.25) is 4.79 Å². The highest BCUT2D eigenvalue weighted by molar-refractivity contribution is 6.08. The summed E-state index contributed by atoms with van der Waals surface area (Å²) in [6.07, 6.45) is 10.1. The molecule has 1 unspecified atom stereocenters. The number of hydrogen-bond acceptors (Lipinski definition) is 4. The Hall–Kier alpha value is -2.79. The zero-order chi connectivity index (χ0) is 19.3. The smallest absolute Gasteiger partial charge is 0.253 e. The van der Waals surface area contributed by atoms with Gasteiger partial charge in [-0.05, 0) is 48.4 Å². The first-order valence-electron chi connectivity index (χ1n) is 9.81. The number of benzene rings is 2. The molecular weight excluding hydrogens is 352 g/mol. The molecule has 2 aliphatic heterocycles. The van der Waals surface area contributed by atoms with E-state index in [-0.39, 0.29) is 12.1 Å². The summed E-state index contributed by atoms with van der Waals surface area (Å²) >= 11 is 0. The minimum absolute atomic E-state index is 0.0826. The number of carbonyl (C=O) groups is 1. The molecule has 0 spiro atoms. The van der Waals surface area contributed by atoms with E-state index in [1.54, 1.807) is 7.11 Å². The Morgan fingerprint density at radius 1 is 1.14 bits per heavy atom. The summed E-state index contributed by atoms with van der Waals surface area (Å²) in [6, 6.07) is 11.5. The molecule has 1 fully saturated rings. The number of allylic oxidation sites excluding steroid dienone is 2. The van der Waals surface area contributed by atoms with Crippen molar-refractivity contribution in [2.45, 2.75) is 19.0 Å². The molecule has 0 aromatic heterocycles. The third kappa shape index (κ3) is 3.90. The normalized spacial score (nSPS) is 19.8. The van der Waals surface area contributed by atoms with Crippen molar-refractivity contribution in [1.82, 2.24) is 10.2 Å². The molecule has 0 bridgehead atoms. The van der Waals surface area contributed by atoms with Gasteiger partial charge in [0.1, 0.15) is 11.9 Å². The fraction of sp³-hybridized carbons (Fsp3) is 0.348. The summed E-state index contributed by atoms with van der Waals surface area (Å²) in [4.78, 5) is 15.3. The van der Waals surface area contributed by atoms with Gasteiger partial charge in [-0.15, -0.1) is 0 Å². The van der Waals surface area contributed by atoms with Crippen LogP contribution >= 0.6 is 0 Å². The van der Waals surface area contributed by atoms with E-state index < -0.39 is 0 Å². The van der Waals surface area contributed by atoms with Crippen LogP contribution < -0.4 is 10.1 Å². The van der Waals surface area contributed by atoms with Crippen LogP contribution in [0.2, 0.25) is 0 Å². The summed E-state index contributed by atoms with van der Waals surface area (Å²) in [6.45, 7) is 2.57. The van der Waals surface area contributed by atoms with Gasteiger partial charge in [0.25, 0.3) is 5.91 Å². The first kappa shape index (κ1) is 18.6. The van der Waals surface area contributed by atoms with Gasteiger partial charge in [-0.1, -0.05) is 30.3 Å². The van der Waals surface area contributed by atoms with Crippen molar-refractivity contribution in [2.75, 3.05) is 26.9 Å². The molecule has 2 heterocycles. The maximum atomic E-state index is 13.1. The third-order valence-electron chi connectivity index (χ3n) is 5.48. The Morgan fingerprint density at radius 2 is 1.93 bits per heavy atom. The lowest BCUT2D eigenvalue weighted by Gasteiger charge is -2.35. The molecule has 28 heavy (non-hydrogen) atoms. The van der Waals surface area contributed by atoms with E-state index in [0.717, 1.165) is 49.1 Å². The second kappa shape index (κ2) is 8.48. The van der Waals surface area contributed by atoms with Crippen molar-refractivity contribution in [2.24, 2.45) is 5.92 Å². The molecule has 146 valence electrons. The molecule has 0 aliphatic carbocycles. The molecule has 4 rings (SSSR count). The molecule has 1 saturated heterocycles. The molecule has 5 nitrogen and oxygen atoms in total. The predicted molar refractivity (Wildman–Crippen MR) is 110 cm³/mol. The minimum Gasteiger partial charge on any atom is -0.496 e. The van der Waals surface area contributed by atoms with Gasteiger partial charge in [0.05, 0.1) is 7.11 Å². The second-order valence-corrected chi connectivity index (χ2v) is 7.26. The lowest BCUT2D eigenvalue weighted by molar-refractivity contribution is 0.0530. The Labute approximate surface area is 165 Å². The molecule has 5 heteroatoms. The van der Waals surface area contributed by atoms with Gasteiger partial charge in [0.2, 0.25) is 0 Å². The molecule has 2 aromatic rings. The highest BCUT2D eigenvalue weighted by Crippen LogP contribution is 2.28. The van der Waals surface area contributed by atoms with Crippen LogP contribution in [0.3, 0.4) is 0 Å². The van der Waals surface area contributed by atoms with Crippen molar-refractivity contribution in [3.8, 4) is 5.75 Å². The average molecular weight is 378 g/mol. The summed E-state index contributed by atoms with van der Waals surface area (Å²) in [5, 5.41) is 5.02. The number of nitrogens with zero attached hydrogens (tertiary/aromatic N) is 1. The van der Waals surface area contributed by atoms with Gasteiger partial charge >= 0.3 is 0 Å². The predicted octanol–water partition coefficient (Wildman–Crippen LogP) is 3.72. The molecule has 1 atom stereocenters. The quantitative estimate of drug-likeness (QED) is 0.862. The third-order valence-corrected chi connectivity index (χ3v) is 5.48. The number of methoxy groups -OCH3 is 1. The zero-order valence-corrected chi connectivity index (χ0v) is 16.1. The molecule has 2 aromatic carbocycles. The number of rotatable bonds is 5. The number of nitrogens with one attached hydrogen (secondary N) is 1. The molecule has 0 radical (unpaired) electrons. The number of fused-ring (bicyclic) bond motifs is 1. The Balaban J connectivity index is 1.53. The summed E-state index contributed by atoms with van der Waals surface area (Å²) < 4.78 is 10.9. The van der Waals surface area contributed by atoms with E-state index in [9.17, 15) is 4.79 Å². The van der Waals surface area contributed by atoms with Crippen molar-refractivity contribution in [1.29, 1.82) is 0 Å².